The zero-order valence-electron chi connectivity index (χ0n) is 12.2. The number of nitrogens with one attached hydrogen (secondary N) is 1. The predicted octanol–water partition coefficient (Wildman–Crippen LogP) is 3.68. The normalized spacial score (nSPS) is 10.6. The molecular weight excluding hydrogens is 336 g/mol. The van der Waals surface area contributed by atoms with Crippen LogP contribution in [-0.2, 0) is 0 Å². The van der Waals surface area contributed by atoms with Crippen molar-refractivity contribution in [3.63, 3.8) is 0 Å². The van der Waals surface area contributed by atoms with Crippen molar-refractivity contribution >= 4 is 28.0 Å². The van der Waals surface area contributed by atoms with Crippen LogP contribution in [0.15, 0.2) is 42.6 Å². The summed E-state index contributed by atoms with van der Waals surface area (Å²) in [7, 11) is 0. The number of fused-ring (bicyclic) bond motifs is 1. The van der Waals surface area contributed by atoms with E-state index < -0.39 is 37.6 Å². The molecule has 0 atom stereocenters. The molecule has 126 valence electrons. The maximum Gasteiger partial charge on any atom is 0.325 e. The summed E-state index contributed by atoms with van der Waals surface area (Å²) in [6.45, 7) is 0. The zero-order chi connectivity index (χ0) is 18.1. The number of nitro groups is 3. The van der Waals surface area contributed by atoms with Gasteiger partial charge in [-0.3, -0.25) is 30.3 Å². The molecule has 0 aliphatic rings. The molecule has 0 amide bonds. The number of hydrogen-bond acceptors (Lipinski definition) is 7. The summed E-state index contributed by atoms with van der Waals surface area (Å²) in [5, 5.41) is 33.9. The smallest absolute Gasteiger partial charge is 0.325 e. The van der Waals surface area contributed by atoms with Crippen LogP contribution in [0.3, 0.4) is 0 Å². The van der Waals surface area contributed by atoms with Gasteiger partial charge in [-0.1, -0.05) is 12.1 Å². The number of nitrogens with zero attached hydrogens (tertiary/aromatic N) is 3. The van der Waals surface area contributed by atoms with Crippen molar-refractivity contribution in [1.29, 1.82) is 0 Å². The average molecular weight is 344 g/mol. The molecule has 2 aromatic carbocycles. The number of para-hydroxylation sites is 1. The van der Waals surface area contributed by atoms with Crippen molar-refractivity contribution < 1.29 is 19.5 Å². The molecule has 0 bridgehead atoms. The van der Waals surface area contributed by atoms with Crippen molar-refractivity contribution in [3.05, 3.63) is 72.9 Å². The quantitative estimate of drug-likeness (QED) is 0.546. The number of H-pyrrole nitrogens is 1. The van der Waals surface area contributed by atoms with Crippen molar-refractivity contribution in [3.8, 4) is 11.5 Å². The van der Waals surface area contributed by atoms with Crippen molar-refractivity contribution in [2.24, 2.45) is 0 Å². The van der Waals surface area contributed by atoms with Crippen LogP contribution in [0.2, 0.25) is 0 Å². The van der Waals surface area contributed by atoms with Crippen molar-refractivity contribution in [2.45, 2.75) is 0 Å². The van der Waals surface area contributed by atoms with Gasteiger partial charge in [0.05, 0.1) is 26.9 Å². The lowest BCUT2D eigenvalue weighted by Crippen LogP contribution is -2.01. The van der Waals surface area contributed by atoms with E-state index in [0.717, 1.165) is 0 Å². The number of aromatic nitrogens is 1. The van der Waals surface area contributed by atoms with Crippen molar-refractivity contribution in [1.82, 2.24) is 4.98 Å². The summed E-state index contributed by atoms with van der Waals surface area (Å²) in [6.07, 6.45) is 1.39. The van der Waals surface area contributed by atoms with Gasteiger partial charge in [0.25, 0.3) is 11.4 Å². The van der Waals surface area contributed by atoms with Gasteiger partial charge in [-0.05, 0) is 12.1 Å². The summed E-state index contributed by atoms with van der Waals surface area (Å²) in [6, 6.07) is 8.07. The van der Waals surface area contributed by atoms with Gasteiger partial charge in [-0.25, -0.2) is 0 Å². The van der Waals surface area contributed by atoms with E-state index in [2.05, 4.69) is 4.98 Å². The van der Waals surface area contributed by atoms with Crippen LogP contribution in [0.5, 0.6) is 11.5 Å². The lowest BCUT2D eigenvalue weighted by Gasteiger charge is -2.06. The second-order valence-corrected chi connectivity index (χ2v) is 4.89. The van der Waals surface area contributed by atoms with E-state index in [-0.39, 0.29) is 5.75 Å². The van der Waals surface area contributed by atoms with Gasteiger partial charge in [0, 0.05) is 17.1 Å². The molecule has 25 heavy (non-hydrogen) atoms. The Morgan fingerprint density at radius 2 is 1.48 bits per heavy atom. The summed E-state index contributed by atoms with van der Waals surface area (Å²) in [4.78, 5) is 33.3. The minimum absolute atomic E-state index is 0.121. The Morgan fingerprint density at radius 3 is 2.04 bits per heavy atom. The van der Waals surface area contributed by atoms with E-state index >= 15 is 0 Å². The maximum atomic E-state index is 11.2. The molecule has 3 aromatic rings. The largest absolute Gasteiger partial charge is 0.442 e. The van der Waals surface area contributed by atoms with E-state index in [1.54, 1.807) is 24.3 Å². The number of benzene rings is 2. The lowest BCUT2D eigenvalue weighted by molar-refractivity contribution is -0.404. The van der Waals surface area contributed by atoms with Crippen LogP contribution in [0.25, 0.3) is 10.9 Å². The number of aromatic amines is 1. The minimum atomic E-state index is -0.968. The minimum Gasteiger partial charge on any atom is -0.442 e. The topological polar surface area (TPSA) is 154 Å². The molecule has 3 rings (SSSR count). The molecule has 0 radical (unpaired) electrons. The Hall–Kier alpha value is -4.02. The fourth-order valence-electron chi connectivity index (χ4n) is 2.30. The molecule has 0 aliphatic carbocycles. The number of non-ortho nitro benzene ring substituents is 1. The van der Waals surface area contributed by atoms with E-state index in [4.69, 9.17) is 4.74 Å². The molecule has 0 saturated carbocycles. The first-order chi connectivity index (χ1) is 11.9. The zero-order valence-corrected chi connectivity index (χ0v) is 12.2. The van der Waals surface area contributed by atoms with Crippen LogP contribution < -0.4 is 4.74 Å². The molecule has 1 N–H and O–H groups in total. The first-order valence-electron chi connectivity index (χ1n) is 6.73. The van der Waals surface area contributed by atoms with Crippen LogP contribution >= 0.6 is 0 Å². The highest BCUT2D eigenvalue weighted by Crippen LogP contribution is 2.44. The molecule has 11 nitrogen and oxygen atoms in total. The Labute approximate surface area is 137 Å². The highest BCUT2D eigenvalue weighted by molar-refractivity contribution is 5.86. The van der Waals surface area contributed by atoms with Crippen LogP contribution in [0.4, 0.5) is 17.1 Å². The lowest BCUT2D eigenvalue weighted by atomic mass is 10.2. The third-order valence-electron chi connectivity index (χ3n) is 3.40. The summed E-state index contributed by atoms with van der Waals surface area (Å²) in [5.41, 5.74) is -1.85. The number of rotatable bonds is 5. The standard InChI is InChI=1S/C14H8N4O7/c19-16(20)8-5-11(17(21)22)14(12(6-8)18(23)24)25-13-7-15-10-4-2-1-3-9(10)13/h1-7,15H. The molecule has 1 aromatic heterocycles. The summed E-state index contributed by atoms with van der Waals surface area (Å²) >= 11 is 0. The van der Waals surface area contributed by atoms with Gasteiger partial charge in [-0.2, -0.15) is 0 Å². The van der Waals surface area contributed by atoms with E-state index in [0.29, 0.717) is 23.0 Å². The summed E-state index contributed by atoms with van der Waals surface area (Å²) in [5.74, 6) is -0.555. The van der Waals surface area contributed by atoms with E-state index in [1.807, 2.05) is 0 Å². The van der Waals surface area contributed by atoms with Crippen LogP contribution in [-0.4, -0.2) is 19.8 Å². The summed E-state index contributed by atoms with van der Waals surface area (Å²) < 4.78 is 5.41. The van der Waals surface area contributed by atoms with Gasteiger partial charge in [0.2, 0.25) is 0 Å². The molecule has 0 fully saturated rings. The van der Waals surface area contributed by atoms with E-state index in [1.165, 1.54) is 6.20 Å². The second kappa shape index (κ2) is 5.88. The van der Waals surface area contributed by atoms with Crippen LogP contribution in [0, 0.1) is 30.3 Å². The fourth-order valence-corrected chi connectivity index (χ4v) is 2.30. The van der Waals surface area contributed by atoms with Crippen molar-refractivity contribution in [2.75, 3.05) is 0 Å². The van der Waals surface area contributed by atoms with Gasteiger partial charge >= 0.3 is 11.4 Å². The average Bonchev–Trinajstić information content (AvgIpc) is 2.97. The second-order valence-electron chi connectivity index (χ2n) is 4.89. The number of hydrogen-bond donors (Lipinski definition) is 1. The molecule has 11 heteroatoms. The Bertz CT molecular complexity index is 992. The highest BCUT2D eigenvalue weighted by Gasteiger charge is 2.33. The highest BCUT2D eigenvalue weighted by atomic mass is 16.6. The molecule has 0 spiro atoms. The van der Waals surface area contributed by atoms with Gasteiger partial charge in [0.1, 0.15) is 0 Å². The molecule has 1 heterocycles. The Morgan fingerprint density at radius 1 is 0.880 bits per heavy atom. The van der Waals surface area contributed by atoms with Gasteiger partial charge < -0.3 is 9.72 Å². The first kappa shape index (κ1) is 15.9. The Balaban J connectivity index is 2.21. The fraction of sp³-hybridized carbons (Fsp3) is 0. The number of nitro benzene ring substituents is 3. The monoisotopic (exact) mass is 344 g/mol. The molecule has 0 unspecified atom stereocenters. The van der Waals surface area contributed by atoms with Gasteiger partial charge in [0.15, 0.2) is 5.75 Å². The van der Waals surface area contributed by atoms with Gasteiger partial charge in [-0.15, -0.1) is 0 Å². The maximum absolute atomic E-state index is 11.2. The number of ether oxygens (including phenoxy) is 1. The SMILES string of the molecule is O=[N+]([O-])c1cc([N+](=O)[O-])c(Oc2c[nH]c3ccccc23)c([N+](=O)[O-])c1. The van der Waals surface area contributed by atoms with Crippen LogP contribution in [0.1, 0.15) is 0 Å². The first-order valence-corrected chi connectivity index (χ1v) is 6.73. The molecule has 0 saturated heterocycles. The Kier molecular flexibility index (Phi) is 3.73. The molecular formula is C14H8N4O7. The third kappa shape index (κ3) is 2.81. The third-order valence-corrected chi connectivity index (χ3v) is 3.40. The predicted molar refractivity (Wildman–Crippen MR) is 84.8 cm³/mol. The van der Waals surface area contributed by atoms with E-state index in [9.17, 15) is 30.3 Å². The molecule has 0 aliphatic heterocycles.